The molecular weight excluding hydrogens is 484 g/mol. The lowest BCUT2D eigenvalue weighted by Crippen LogP contribution is -2.51. The van der Waals surface area contributed by atoms with Crippen molar-refractivity contribution in [1.82, 2.24) is 15.5 Å². The predicted molar refractivity (Wildman–Crippen MR) is 114 cm³/mol. The quantitative estimate of drug-likeness (QED) is 0.362. The van der Waals surface area contributed by atoms with Crippen molar-refractivity contribution < 1.29 is 17.9 Å². The third kappa shape index (κ3) is 6.48. The minimum absolute atomic E-state index is 0. The maximum atomic E-state index is 12.8. The fraction of sp³-hybridized carbons (Fsp3) is 0.632. The Hall–Kier alpha value is -1.07. The molecule has 0 aromatic heterocycles. The van der Waals surface area contributed by atoms with Gasteiger partial charge in [0.05, 0.1) is 24.8 Å². The van der Waals surface area contributed by atoms with Gasteiger partial charge in [0.2, 0.25) is 0 Å². The molecule has 9 heteroatoms. The molecule has 5 nitrogen and oxygen atoms in total. The van der Waals surface area contributed by atoms with Gasteiger partial charge in [0.15, 0.2) is 5.96 Å². The van der Waals surface area contributed by atoms with Crippen LogP contribution in [0.25, 0.3) is 0 Å². The first-order valence-electron chi connectivity index (χ1n) is 9.49. The van der Waals surface area contributed by atoms with E-state index in [4.69, 9.17) is 4.74 Å². The van der Waals surface area contributed by atoms with Gasteiger partial charge in [0.25, 0.3) is 0 Å². The number of nitrogens with one attached hydrogen (secondary N) is 2. The van der Waals surface area contributed by atoms with Crippen LogP contribution < -0.4 is 10.6 Å². The highest BCUT2D eigenvalue weighted by atomic mass is 127. The molecule has 158 valence electrons. The Labute approximate surface area is 181 Å². The van der Waals surface area contributed by atoms with Crippen LogP contribution in [-0.2, 0) is 17.5 Å². The molecule has 2 heterocycles. The second kappa shape index (κ2) is 10.6. The number of benzene rings is 1. The zero-order valence-electron chi connectivity index (χ0n) is 16.0. The van der Waals surface area contributed by atoms with Crippen LogP contribution in [0.2, 0.25) is 0 Å². The molecular formula is C19H28F3IN4O. The molecule has 3 rings (SSSR count). The van der Waals surface area contributed by atoms with Crippen LogP contribution in [0.4, 0.5) is 13.2 Å². The second-order valence-corrected chi connectivity index (χ2v) is 7.02. The standard InChI is InChI=1S/C19H27F3N4O.HI/c1-2-23-18(24-10-14-5-3-6-15(9-14)19(20,21)22)25-11-17-12-26-8-4-7-16(26)13-27-17;/h3,5-6,9,16-17H,2,4,7-8,10-13H2,1H3,(H2,23,24,25);1H. The summed E-state index contributed by atoms with van der Waals surface area (Å²) in [6.45, 7) is 6.24. The molecule has 0 amide bonds. The fourth-order valence-corrected chi connectivity index (χ4v) is 3.58. The Kier molecular flexibility index (Phi) is 8.81. The van der Waals surface area contributed by atoms with Crippen molar-refractivity contribution in [2.24, 2.45) is 4.99 Å². The summed E-state index contributed by atoms with van der Waals surface area (Å²) in [6.07, 6.45) is -1.80. The molecule has 0 saturated carbocycles. The SMILES string of the molecule is CCNC(=NCc1cccc(C(F)(F)F)c1)NCC1CN2CCCC2CO1.I. The van der Waals surface area contributed by atoms with Gasteiger partial charge in [-0.3, -0.25) is 4.90 Å². The first kappa shape index (κ1) is 23.2. The number of alkyl halides is 3. The predicted octanol–water partition coefficient (Wildman–Crippen LogP) is 3.24. The van der Waals surface area contributed by atoms with E-state index in [9.17, 15) is 13.2 Å². The van der Waals surface area contributed by atoms with Crippen molar-refractivity contribution >= 4 is 29.9 Å². The largest absolute Gasteiger partial charge is 0.416 e. The summed E-state index contributed by atoms with van der Waals surface area (Å²) in [6, 6.07) is 5.84. The van der Waals surface area contributed by atoms with Crippen LogP contribution in [0.1, 0.15) is 30.9 Å². The highest BCUT2D eigenvalue weighted by molar-refractivity contribution is 14.0. The summed E-state index contributed by atoms with van der Waals surface area (Å²) in [5, 5.41) is 6.38. The van der Waals surface area contributed by atoms with E-state index in [2.05, 4.69) is 20.5 Å². The summed E-state index contributed by atoms with van der Waals surface area (Å²) in [5.41, 5.74) is -0.125. The Morgan fingerprint density at radius 1 is 1.32 bits per heavy atom. The molecule has 0 bridgehead atoms. The van der Waals surface area contributed by atoms with Gasteiger partial charge in [-0.2, -0.15) is 13.2 Å². The van der Waals surface area contributed by atoms with Gasteiger partial charge < -0.3 is 15.4 Å². The number of fused-ring (bicyclic) bond motifs is 1. The number of nitrogens with zero attached hydrogens (tertiary/aromatic N) is 2. The van der Waals surface area contributed by atoms with Crippen molar-refractivity contribution in [2.75, 3.05) is 32.8 Å². The van der Waals surface area contributed by atoms with Crippen LogP contribution >= 0.6 is 24.0 Å². The lowest BCUT2D eigenvalue weighted by Gasteiger charge is -2.35. The van der Waals surface area contributed by atoms with Crippen LogP contribution in [0, 0.1) is 0 Å². The molecule has 2 atom stereocenters. The molecule has 2 N–H and O–H groups in total. The molecule has 28 heavy (non-hydrogen) atoms. The number of rotatable bonds is 5. The zero-order chi connectivity index (χ0) is 19.3. The summed E-state index contributed by atoms with van der Waals surface area (Å²) in [5.74, 6) is 0.585. The van der Waals surface area contributed by atoms with Gasteiger partial charge in [-0.25, -0.2) is 4.99 Å². The molecule has 0 aliphatic carbocycles. The average molecular weight is 512 g/mol. The Morgan fingerprint density at radius 3 is 2.89 bits per heavy atom. The van der Waals surface area contributed by atoms with E-state index in [0.29, 0.717) is 30.7 Å². The Bertz CT molecular complexity index is 656. The third-order valence-electron chi connectivity index (χ3n) is 4.98. The fourth-order valence-electron chi connectivity index (χ4n) is 3.58. The van der Waals surface area contributed by atoms with E-state index in [1.54, 1.807) is 6.07 Å². The number of morpholine rings is 1. The van der Waals surface area contributed by atoms with Crippen LogP contribution in [0.3, 0.4) is 0 Å². The average Bonchev–Trinajstić information content (AvgIpc) is 3.11. The normalized spacial score (nSPS) is 23.1. The number of hydrogen-bond donors (Lipinski definition) is 2. The number of ether oxygens (including phenoxy) is 1. The molecule has 1 aromatic rings. The molecule has 2 fully saturated rings. The van der Waals surface area contributed by atoms with E-state index in [1.165, 1.54) is 18.9 Å². The number of aliphatic imine (C=N–C) groups is 1. The van der Waals surface area contributed by atoms with Crippen molar-refractivity contribution in [2.45, 2.75) is 44.6 Å². The monoisotopic (exact) mass is 512 g/mol. The van der Waals surface area contributed by atoms with Crippen LogP contribution in [0.15, 0.2) is 29.3 Å². The molecule has 2 aliphatic rings. The Morgan fingerprint density at radius 2 is 2.14 bits per heavy atom. The lowest BCUT2D eigenvalue weighted by atomic mass is 10.1. The van der Waals surface area contributed by atoms with Crippen molar-refractivity contribution in [3.05, 3.63) is 35.4 Å². The van der Waals surface area contributed by atoms with E-state index < -0.39 is 11.7 Å². The van der Waals surface area contributed by atoms with Crippen molar-refractivity contribution in [1.29, 1.82) is 0 Å². The molecule has 0 radical (unpaired) electrons. The van der Waals surface area contributed by atoms with E-state index in [-0.39, 0.29) is 36.6 Å². The first-order chi connectivity index (χ1) is 13.0. The van der Waals surface area contributed by atoms with E-state index in [0.717, 1.165) is 31.8 Å². The maximum Gasteiger partial charge on any atom is 0.416 e. The highest BCUT2D eigenvalue weighted by Crippen LogP contribution is 2.29. The summed E-state index contributed by atoms with van der Waals surface area (Å²) < 4.78 is 44.4. The number of halogens is 4. The topological polar surface area (TPSA) is 48.9 Å². The van der Waals surface area contributed by atoms with Crippen LogP contribution in [0.5, 0.6) is 0 Å². The van der Waals surface area contributed by atoms with Gasteiger partial charge in [0, 0.05) is 25.7 Å². The van der Waals surface area contributed by atoms with Crippen molar-refractivity contribution in [3.8, 4) is 0 Å². The second-order valence-electron chi connectivity index (χ2n) is 7.02. The molecule has 2 saturated heterocycles. The molecule has 0 spiro atoms. The summed E-state index contributed by atoms with van der Waals surface area (Å²) in [4.78, 5) is 6.89. The van der Waals surface area contributed by atoms with Gasteiger partial charge in [-0.05, 0) is 44.0 Å². The Balaban J connectivity index is 0.00000280. The highest BCUT2D eigenvalue weighted by Gasteiger charge is 2.32. The van der Waals surface area contributed by atoms with E-state index in [1.807, 2.05) is 6.92 Å². The summed E-state index contributed by atoms with van der Waals surface area (Å²) >= 11 is 0. The van der Waals surface area contributed by atoms with Gasteiger partial charge in [0.1, 0.15) is 0 Å². The number of hydrogen-bond acceptors (Lipinski definition) is 3. The van der Waals surface area contributed by atoms with Gasteiger partial charge in [-0.1, -0.05) is 12.1 Å². The summed E-state index contributed by atoms with van der Waals surface area (Å²) in [7, 11) is 0. The van der Waals surface area contributed by atoms with Gasteiger partial charge in [-0.15, -0.1) is 24.0 Å². The minimum atomic E-state index is -4.34. The maximum absolute atomic E-state index is 12.8. The third-order valence-corrected chi connectivity index (χ3v) is 4.98. The first-order valence-corrected chi connectivity index (χ1v) is 9.49. The lowest BCUT2D eigenvalue weighted by molar-refractivity contribution is -0.137. The zero-order valence-corrected chi connectivity index (χ0v) is 18.3. The van der Waals surface area contributed by atoms with Crippen molar-refractivity contribution in [3.63, 3.8) is 0 Å². The van der Waals surface area contributed by atoms with Gasteiger partial charge >= 0.3 is 6.18 Å². The van der Waals surface area contributed by atoms with Crippen LogP contribution in [-0.4, -0.2) is 55.8 Å². The molecule has 2 unspecified atom stereocenters. The number of guanidine groups is 1. The minimum Gasteiger partial charge on any atom is -0.373 e. The molecule has 1 aromatic carbocycles. The molecule has 2 aliphatic heterocycles. The van der Waals surface area contributed by atoms with E-state index >= 15 is 0 Å². The smallest absolute Gasteiger partial charge is 0.373 e.